The van der Waals surface area contributed by atoms with Crippen LogP contribution in [0, 0.1) is 5.92 Å². The van der Waals surface area contributed by atoms with E-state index in [9.17, 15) is 9.59 Å². The average molecular weight is 257 g/mol. The lowest BCUT2D eigenvalue weighted by Gasteiger charge is -2.29. The Labute approximate surface area is 108 Å². The van der Waals surface area contributed by atoms with Gasteiger partial charge in [0.1, 0.15) is 6.04 Å². The Hall–Kier alpha value is -1.10. The molecular weight excluding hydrogens is 234 g/mol. The van der Waals surface area contributed by atoms with Crippen LogP contribution in [-0.2, 0) is 14.3 Å². The standard InChI is InChI=1S/C13H23NO4/c1-3-11(12(15)16)14-10-7-5-9(6-8-10)13(17)18-4-2/h9-11,14H,3-8H2,1-2H3,(H,15,16). The van der Waals surface area contributed by atoms with Crippen molar-refractivity contribution in [3.05, 3.63) is 0 Å². The number of rotatable bonds is 6. The third-order valence-electron chi connectivity index (χ3n) is 3.49. The van der Waals surface area contributed by atoms with Crippen LogP contribution in [0.5, 0.6) is 0 Å². The molecule has 1 fully saturated rings. The van der Waals surface area contributed by atoms with E-state index < -0.39 is 12.0 Å². The predicted octanol–water partition coefficient (Wildman–Crippen LogP) is 1.56. The van der Waals surface area contributed by atoms with Crippen molar-refractivity contribution in [2.45, 2.75) is 58.0 Å². The number of carboxylic acids is 1. The molecule has 1 saturated carbocycles. The van der Waals surface area contributed by atoms with Crippen LogP contribution in [0.4, 0.5) is 0 Å². The second kappa shape index (κ2) is 7.36. The molecule has 0 aromatic heterocycles. The van der Waals surface area contributed by atoms with E-state index in [1.165, 1.54) is 0 Å². The molecule has 5 nitrogen and oxygen atoms in total. The fourth-order valence-electron chi connectivity index (χ4n) is 2.40. The first-order chi connectivity index (χ1) is 8.58. The maximum Gasteiger partial charge on any atom is 0.320 e. The zero-order chi connectivity index (χ0) is 13.5. The molecule has 0 amide bonds. The van der Waals surface area contributed by atoms with Gasteiger partial charge in [-0.1, -0.05) is 6.92 Å². The van der Waals surface area contributed by atoms with Crippen molar-refractivity contribution in [1.29, 1.82) is 0 Å². The number of nitrogens with one attached hydrogen (secondary N) is 1. The molecule has 1 aliphatic carbocycles. The number of aliphatic carboxylic acids is 1. The van der Waals surface area contributed by atoms with Crippen molar-refractivity contribution in [3.8, 4) is 0 Å². The lowest BCUT2D eigenvalue weighted by Crippen LogP contribution is -2.45. The topological polar surface area (TPSA) is 75.6 Å². The Bertz CT molecular complexity index is 285. The Morgan fingerprint density at radius 1 is 1.28 bits per heavy atom. The second-order valence-corrected chi connectivity index (χ2v) is 4.77. The minimum Gasteiger partial charge on any atom is -0.480 e. The summed E-state index contributed by atoms with van der Waals surface area (Å²) in [6.45, 7) is 4.09. The number of carbonyl (C=O) groups is 2. The quantitative estimate of drug-likeness (QED) is 0.706. The zero-order valence-electron chi connectivity index (χ0n) is 11.1. The lowest BCUT2D eigenvalue weighted by molar-refractivity contribution is -0.149. The summed E-state index contributed by atoms with van der Waals surface area (Å²) in [6.07, 6.45) is 3.83. The van der Waals surface area contributed by atoms with E-state index in [4.69, 9.17) is 9.84 Å². The molecule has 0 saturated heterocycles. The van der Waals surface area contributed by atoms with Crippen molar-refractivity contribution in [3.63, 3.8) is 0 Å². The zero-order valence-corrected chi connectivity index (χ0v) is 11.1. The average Bonchev–Trinajstić information content (AvgIpc) is 2.36. The van der Waals surface area contributed by atoms with Crippen molar-refractivity contribution in [1.82, 2.24) is 5.32 Å². The monoisotopic (exact) mass is 257 g/mol. The van der Waals surface area contributed by atoms with Gasteiger partial charge in [0, 0.05) is 6.04 Å². The van der Waals surface area contributed by atoms with Gasteiger partial charge in [0.2, 0.25) is 0 Å². The van der Waals surface area contributed by atoms with E-state index in [0.29, 0.717) is 13.0 Å². The van der Waals surface area contributed by atoms with Gasteiger partial charge in [-0.25, -0.2) is 0 Å². The molecule has 18 heavy (non-hydrogen) atoms. The fourth-order valence-corrected chi connectivity index (χ4v) is 2.40. The molecule has 1 atom stereocenters. The second-order valence-electron chi connectivity index (χ2n) is 4.77. The highest BCUT2D eigenvalue weighted by atomic mass is 16.5. The molecule has 104 valence electrons. The van der Waals surface area contributed by atoms with Crippen LogP contribution < -0.4 is 5.32 Å². The highest BCUT2D eigenvalue weighted by Crippen LogP contribution is 2.25. The van der Waals surface area contributed by atoms with E-state index in [0.717, 1.165) is 25.7 Å². The Kier molecular flexibility index (Phi) is 6.12. The van der Waals surface area contributed by atoms with Crippen molar-refractivity contribution in [2.75, 3.05) is 6.61 Å². The van der Waals surface area contributed by atoms with Crippen LogP contribution in [0.25, 0.3) is 0 Å². The summed E-state index contributed by atoms with van der Waals surface area (Å²) < 4.78 is 5.00. The maximum absolute atomic E-state index is 11.6. The molecule has 1 aliphatic rings. The van der Waals surface area contributed by atoms with Crippen molar-refractivity contribution in [2.24, 2.45) is 5.92 Å². The maximum atomic E-state index is 11.6. The first kappa shape index (κ1) is 15.0. The van der Waals surface area contributed by atoms with Crippen molar-refractivity contribution >= 4 is 11.9 Å². The van der Waals surface area contributed by atoms with Gasteiger partial charge >= 0.3 is 11.9 Å². The molecule has 0 heterocycles. The highest BCUT2D eigenvalue weighted by Gasteiger charge is 2.29. The molecule has 5 heteroatoms. The molecule has 0 radical (unpaired) electrons. The minimum atomic E-state index is -0.801. The number of esters is 1. The molecule has 0 bridgehead atoms. The number of hydrogen-bond acceptors (Lipinski definition) is 4. The fraction of sp³-hybridized carbons (Fsp3) is 0.846. The summed E-state index contributed by atoms with van der Waals surface area (Å²) in [5.41, 5.74) is 0. The highest BCUT2D eigenvalue weighted by molar-refractivity contribution is 5.73. The molecular formula is C13H23NO4. The molecule has 1 rings (SSSR count). The Morgan fingerprint density at radius 2 is 1.89 bits per heavy atom. The molecule has 0 aromatic carbocycles. The summed E-state index contributed by atoms with van der Waals surface area (Å²) >= 11 is 0. The van der Waals surface area contributed by atoms with Crippen LogP contribution in [0.2, 0.25) is 0 Å². The number of ether oxygens (including phenoxy) is 1. The minimum absolute atomic E-state index is 0.00657. The Balaban J connectivity index is 2.35. The normalized spacial score (nSPS) is 25.4. The third-order valence-corrected chi connectivity index (χ3v) is 3.49. The SMILES string of the molecule is CCOC(=O)C1CCC(NC(CC)C(=O)O)CC1. The first-order valence-electron chi connectivity index (χ1n) is 6.73. The van der Waals surface area contributed by atoms with Crippen LogP contribution >= 0.6 is 0 Å². The first-order valence-corrected chi connectivity index (χ1v) is 6.73. The molecule has 0 aliphatic heterocycles. The van der Waals surface area contributed by atoms with Gasteiger partial charge in [-0.05, 0) is 39.0 Å². The van der Waals surface area contributed by atoms with Crippen LogP contribution in [0.3, 0.4) is 0 Å². The van der Waals surface area contributed by atoms with Gasteiger partial charge in [0.25, 0.3) is 0 Å². The summed E-state index contributed by atoms with van der Waals surface area (Å²) in [5.74, 6) is -0.917. The molecule has 0 spiro atoms. The molecule has 1 unspecified atom stereocenters. The van der Waals surface area contributed by atoms with Gasteiger partial charge < -0.3 is 15.2 Å². The van der Waals surface area contributed by atoms with Crippen LogP contribution in [0.1, 0.15) is 46.0 Å². The summed E-state index contributed by atoms with van der Waals surface area (Å²) in [4.78, 5) is 22.5. The van der Waals surface area contributed by atoms with Gasteiger partial charge in [0.05, 0.1) is 12.5 Å². The van der Waals surface area contributed by atoms with E-state index in [1.807, 2.05) is 13.8 Å². The van der Waals surface area contributed by atoms with E-state index in [-0.39, 0.29) is 17.9 Å². The predicted molar refractivity (Wildman–Crippen MR) is 67.2 cm³/mol. The van der Waals surface area contributed by atoms with Gasteiger partial charge in [0.15, 0.2) is 0 Å². The molecule has 0 aromatic rings. The van der Waals surface area contributed by atoms with E-state index in [1.54, 1.807) is 0 Å². The van der Waals surface area contributed by atoms with Gasteiger partial charge in [-0.3, -0.25) is 9.59 Å². The van der Waals surface area contributed by atoms with E-state index in [2.05, 4.69) is 5.32 Å². The smallest absolute Gasteiger partial charge is 0.320 e. The summed E-state index contributed by atoms with van der Waals surface area (Å²) in [6, 6.07) is -0.272. The lowest BCUT2D eigenvalue weighted by atomic mass is 9.85. The van der Waals surface area contributed by atoms with Crippen LogP contribution in [0.15, 0.2) is 0 Å². The van der Waals surface area contributed by atoms with Gasteiger partial charge in [-0.2, -0.15) is 0 Å². The third kappa shape index (κ3) is 4.29. The summed E-state index contributed by atoms with van der Waals surface area (Å²) in [7, 11) is 0. The number of carboxylic acid groups (broad SMARTS) is 1. The number of hydrogen-bond donors (Lipinski definition) is 2. The number of carbonyl (C=O) groups excluding carboxylic acids is 1. The van der Waals surface area contributed by atoms with Crippen molar-refractivity contribution < 1.29 is 19.4 Å². The molecule has 2 N–H and O–H groups in total. The Morgan fingerprint density at radius 3 is 2.33 bits per heavy atom. The van der Waals surface area contributed by atoms with Crippen LogP contribution in [-0.4, -0.2) is 35.7 Å². The van der Waals surface area contributed by atoms with E-state index >= 15 is 0 Å². The summed E-state index contributed by atoms with van der Waals surface area (Å²) in [5, 5.41) is 12.1. The van der Waals surface area contributed by atoms with Gasteiger partial charge in [-0.15, -0.1) is 0 Å². The largest absolute Gasteiger partial charge is 0.480 e.